The van der Waals surface area contributed by atoms with Crippen LogP contribution < -0.4 is 5.32 Å². The van der Waals surface area contributed by atoms with Gasteiger partial charge in [-0.2, -0.15) is 0 Å². The van der Waals surface area contributed by atoms with Gasteiger partial charge in [-0.15, -0.1) is 0 Å². The van der Waals surface area contributed by atoms with Gasteiger partial charge in [-0.1, -0.05) is 60.3 Å². The summed E-state index contributed by atoms with van der Waals surface area (Å²) in [6.45, 7) is 6.40. The lowest BCUT2D eigenvalue weighted by Crippen LogP contribution is -2.36. The number of nitrogens with zero attached hydrogens (tertiary/aromatic N) is 3. The molecule has 1 unspecified atom stereocenters. The van der Waals surface area contributed by atoms with E-state index in [1.807, 2.05) is 61.5 Å². The van der Waals surface area contributed by atoms with Crippen molar-refractivity contribution in [3.63, 3.8) is 0 Å². The molecule has 1 fully saturated rings. The van der Waals surface area contributed by atoms with Crippen LogP contribution in [-0.4, -0.2) is 52.3 Å². The first kappa shape index (κ1) is 20.8. The van der Waals surface area contributed by atoms with E-state index in [4.69, 9.17) is 14.7 Å². The summed E-state index contributed by atoms with van der Waals surface area (Å²) in [6, 6.07) is 17.9. The maximum atomic E-state index is 12.7. The number of fused-ring (bicyclic) bond motifs is 1. The third kappa shape index (κ3) is 5.36. The number of carbonyl (C=O) groups excluding carboxylic acids is 1. The van der Waals surface area contributed by atoms with Gasteiger partial charge in [0.2, 0.25) is 5.91 Å². The highest BCUT2D eigenvalue weighted by Crippen LogP contribution is 2.29. The lowest BCUT2D eigenvalue weighted by Gasteiger charge is -2.26. The fraction of sp³-hybridized carbons (Fsp3) is 0.348. The van der Waals surface area contributed by atoms with Gasteiger partial charge >= 0.3 is 0 Å². The van der Waals surface area contributed by atoms with E-state index in [9.17, 15) is 4.79 Å². The number of hydrogen-bond donors (Lipinski definition) is 1. The number of nitrogens with one attached hydrogen (secondary N) is 1. The number of aromatic nitrogens is 2. The lowest BCUT2D eigenvalue weighted by molar-refractivity contribution is -0.120. The Morgan fingerprint density at radius 1 is 1.10 bits per heavy atom. The molecular formula is C23H26N4O2S. The molecule has 4 rings (SSSR count). The molecule has 0 saturated carbocycles. The molecule has 3 aromatic rings. The van der Waals surface area contributed by atoms with Gasteiger partial charge in [0.05, 0.1) is 30.5 Å². The third-order valence-corrected chi connectivity index (χ3v) is 6.15. The van der Waals surface area contributed by atoms with Crippen molar-refractivity contribution in [3.05, 3.63) is 66.0 Å². The number of ether oxygens (including phenoxy) is 1. The highest BCUT2D eigenvalue weighted by atomic mass is 32.2. The van der Waals surface area contributed by atoms with Crippen LogP contribution in [0.4, 0.5) is 0 Å². The van der Waals surface area contributed by atoms with E-state index in [0.717, 1.165) is 53.6 Å². The van der Waals surface area contributed by atoms with Crippen LogP contribution in [0.2, 0.25) is 0 Å². The van der Waals surface area contributed by atoms with Crippen LogP contribution in [0.1, 0.15) is 18.3 Å². The van der Waals surface area contributed by atoms with Crippen molar-refractivity contribution in [1.82, 2.24) is 20.2 Å². The molecule has 0 bridgehead atoms. The van der Waals surface area contributed by atoms with Crippen LogP contribution in [0.15, 0.2) is 59.6 Å². The summed E-state index contributed by atoms with van der Waals surface area (Å²) in [7, 11) is 0. The van der Waals surface area contributed by atoms with Crippen molar-refractivity contribution < 1.29 is 9.53 Å². The normalized spacial score (nSPS) is 15.8. The van der Waals surface area contributed by atoms with E-state index < -0.39 is 0 Å². The first-order valence-corrected chi connectivity index (χ1v) is 11.1. The average molecular weight is 423 g/mol. The van der Waals surface area contributed by atoms with E-state index in [2.05, 4.69) is 10.2 Å². The van der Waals surface area contributed by atoms with E-state index in [1.54, 1.807) is 0 Å². The molecule has 156 valence electrons. The van der Waals surface area contributed by atoms with Gasteiger partial charge in [-0.05, 0) is 18.6 Å². The van der Waals surface area contributed by atoms with Crippen molar-refractivity contribution in [2.75, 3.05) is 26.3 Å². The largest absolute Gasteiger partial charge is 0.379 e. The zero-order valence-corrected chi connectivity index (χ0v) is 17.9. The minimum Gasteiger partial charge on any atom is -0.379 e. The van der Waals surface area contributed by atoms with Crippen LogP contribution >= 0.6 is 11.8 Å². The number of morpholine rings is 1. The van der Waals surface area contributed by atoms with E-state index in [0.29, 0.717) is 13.1 Å². The molecular weight excluding hydrogens is 396 g/mol. The van der Waals surface area contributed by atoms with Gasteiger partial charge in [0.1, 0.15) is 10.9 Å². The van der Waals surface area contributed by atoms with Crippen molar-refractivity contribution in [1.29, 1.82) is 0 Å². The maximum Gasteiger partial charge on any atom is 0.233 e. The van der Waals surface area contributed by atoms with Crippen molar-refractivity contribution in [2.24, 2.45) is 0 Å². The smallest absolute Gasteiger partial charge is 0.233 e. The van der Waals surface area contributed by atoms with Crippen LogP contribution in [0.5, 0.6) is 0 Å². The minimum atomic E-state index is -0.261. The molecule has 30 heavy (non-hydrogen) atoms. The SMILES string of the molecule is CC(Sc1nc(CN2CCOCC2)nc2ccccc12)C(=O)NCc1ccccc1. The topological polar surface area (TPSA) is 67.3 Å². The summed E-state index contributed by atoms with van der Waals surface area (Å²) in [5.41, 5.74) is 2.00. The monoisotopic (exact) mass is 422 g/mol. The molecule has 1 saturated heterocycles. The Morgan fingerprint density at radius 3 is 2.63 bits per heavy atom. The second kappa shape index (κ2) is 10.0. The Balaban J connectivity index is 1.48. The summed E-state index contributed by atoms with van der Waals surface area (Å²) < 4.78 is 5.43. The maximum absolute atomic E-state index is 12.7. The molecule has 0 aliphatic carbocycles. The Labute approximate surface area is 181 Å². The third-order valence-electron chi connectivity index (χ3n) is 5.05. The number of amides is 1. The Hall–Kier alpha value is -2.48. The van der Waals surface area contributed by atoms with Gasteiger partial charge in [0.15, 0.2) is 0 Å². The quantitative estimate of drug-likeness (QED) is 0.466. The highest BCUT2D eigenvalue weighted by molar-refractivity contribution is 8.00. The summed E-state index contributed by atoms with van der Waals surface area (Å²) in [5, 5.41) is 4.60. The van der Waals surface area contributed by atoms with Gasteiger partial charge in [-0.25, -0.2) is 9.97 Å². The fourth-order valence-electron chi connectivity index (χ4n) is 3.36. The van der Waals surface area contributed by atoms with E-state index in [-0.39, 0.29) is 11.2 Å². The first-order valence-electron chi connectivity index (χ1n) is 10.2. The standard InChI is InChI=1S/C23H26N4O2S/c1-17(22(28)24-15-18-7-3-2-4-8-18)30-23-19-9-5-6-10-20(19)25-21(26-23)16-27-11-13-29-14-12-27/h2-10,17H,11-16H2,1H3,(H,24,28). The fourth-order valence-corrected chi connectivity index (χ4v) is 4.35. The molecule has 1 aliphatic heterocycles. The predicted molar refractivity (Wildman–Crippen MR) is 119 cm³/mol. The number of rotatable bonds is 7. The Morgan fingerprint density at radius 2 is 1.83 bits per heavy atom. The molecule has 1 atom stereocenters. The number of para-hydroxylation sites is 1. The van der Waals surface area contributed by atoms with Crippen molar-refractivity contribution in [3.8, 4) is 0 Å². The zero-order valence-electron chi connectivity index (χ0n) is 17.1. The summed E-state index contributed by atoms with van der Waals surface area (Å²) in [4.78, 5) is 24.5. The van der Waals surface area contributed by atoms with Crippen LogP contribution in [0.3, 0.4) is 0 Å². The number of benzene rings is 2. The Kier molecular flexibility index (Phi) is 6.94. The molecule has 6 nitrogen and oxygen atoms in total. The molecule has 1 N–H and O–H groups in total. The molecule has 1 amide bonds. The molecule has 1 aliphatic rings. The second-order valence-corrected chi connectivity index (χ2v) is 8.64. The molecule has 0 radical (unpaired) electrons. The minimum absolute atomic E-state index is 0.00118. The highest BCUT2D eigenvalue weighted by Gasteiger charge is 2.19. The summed E-state index contributed by atoms with van der Waals surface area (Å²) in [5.74, 6) is 0.788. The lowest BCUT2D eigenvalue weighted by atomic mass is 10.2. The van der Waals surface area contributed by atoms with Gasteiger partial charge < -0.3 is 10.1 Å². The summed E-state index contributed by atoms with van der Waals surface area (Å²) >= 11 is 1.49. The van der Waals surface area contributed by atoms with Gasteiger partial charge in [0, 0.05) is 25.0 Å². The van der Waals surface area contributed by atoms with Gasteiger partial charge in [-0.3, -0.25) is 9.69 Å². The molecule has 2 heterocycles. The van der Waals surface area contributed by atoms with Crippen LogP contribution in [0.25, 0.3) is 10.9 Å². The number of carbonyl (C=O) groups is 1. The number of hydrogen-bond acceptors (Lipinski definition) is 6. The van der Waals surface area contributed by atoms with Crippen LogP contribution in [-0.2, 0) is 22.6 Å². The van der Waals surface area contributed by atoms with Crippen LogP contribution in [0, 0.1) is 0 Å². The second-order valence-electron chi connectivity index (χ2n) is 7.31. The van der Waals surface area contributed by atoms with Gasteiger partial charge in [0.25, 0.3) is 0 Å². The van der Waals surface area contributed by atoms with E-state index >= 15 is 0 Å². The Bertz CT molecular complexity index is 993. The van der Waals surface area contributed by atoms with Crippen molar-refractivity contribution in [2.45, 2.75) is 30.3 Å². The molecule has 7 heteroatoms. The van der Waals surface area contributed by atoms with Crippen molar-refractivity contribution >= 4 is 28.6 Å². The summed E-state index contributed by atoms with van der Waals surface area (Å²) in [6.07, 6.45) is 0. The molecule has 1 aromatic heterocycles. The van der Waals surface area contributed by atoms with E-state index in [1.165, 1.54) is 11.8 Å². The molecule has 2 aromatic carbocycles. The predicted octanol–water partition coefficient (Wildman–Crippen LogP) is 3.26. The average Bonchev–Trinajstić information content (AvgIpc) is 2.79. The first-order chi connectivity index (χ1) is 14.7. The molecule has 0 spiro atoms. The number of thioether (sulfide) groups is 1. The zero-order chi connectivity index (χ0) is 20.8.